The summed E-state index contributed by atoms with van der Waals surface area (Å²) in [6.07, 6.45) is 4.92. The summed E-state index contributed by atoms with van der Waals surface area (Å²) in [5.74, 6) is 0.611. The van der Waals surface area contributed by atoms with Gasteiger partial charge in [0.25, 0.3) is 0 Å². The number of hydrogen-bond donors (Lipinski definition) is 0. The van der Waals surface area contributed by atoms with Crippen molar-refractivity contribution in [3.05, 3.63) is 68.8 Å². The maximum atomic E-state index is 2.43. The standard InChI is InChI=1S/C27H40/c1-18(2)25-16-19(3)23(14-21(25)5)12-10-11-13-24-15-22(6)26(17-20(24)4)27(7,8)9/h14-18H,10-13H2,1-9H3. The van der Waals surface area contributed by atoms with Crippen LogP contribution < -0.4 is 0 Å². The molecule has 0 aliphatic rings. The van der Waals surface area contributed by atoms with E-state index in [0.717, 1.165) is 0 Å². The van der Waals surface area contributed by atoms with E-state index in [1.165, 1.54) is 70.2 Å². The van der Waals surface area contributed by atoms with Gasteiger partial charge in [-0.2, -0.15) is 0 Å². The molecule has 0 saturated carbocycles. The Morgan fingerprint density at radius 1 is 0.667 bits per heavy atom. The van der Waals surface area contributed by atoms with E-state index in [9.17, 15) is 0 Å². The van der Waals surface area contributed by atoms with E-state index < -0.39 is 0 Å². The molecule has 0 spiro atoms. The van der Waals surface area contributed by atoms with Crippen LogP contribution in [-0.4, -0.2) is 0 Å². The van der Waals surface area contributed by atoms with Crippen molar-refractivity contribution in [3.8, 4) is 0 Å². The van der Waals surface area contributed by atoms with Gasteiger partial charge in [0.1, 0.15) is 0 Å². The summed E-state index contributed by atoms with van der Waals surface area (Å²) in [5, 5.41) is 0. The smallest absolute Gasteiger partial charge is 0.0129 e. The zero-order valence-corrected chi connectivity index (χ0v) is 19.2. The van der Waals surface area contributed by atoms with Gasteiger partial charge in [0, 0.05) is 0 Å². The molecular weight excluding hydrogens is 324 g/mol. The van der Waals surface area contributed by atoms with Crippen molar-refractivity contribution < 1.29 is 0 Å². The molecule has 0 aliphatic carbocycles. The second-order valence-electron chi connectivity index (χ2n) is 9.84. The number of rotatable bonds is 6. The second-order valence-corrected chi connectivity index (χ2v) is 9.84. The lowest BCUT2D eigenvalue weighted by Gasteiger charge is -2.23. The molecule has 27 heavy (non-hydrogen) atoms. The van der Waals surface area contributed by atoms with Crippen LogP contribution in [0.2, 0.25) is 0 Å². The monoisotopic (exact) mass is 364 g/mol. The summed E-state index contributed by atoms with van der Waals surface area (Å²) in [4.78, 5) is 0. The van der Waals surface area contributed by atoms with Crippen molar-refractivity contribution in [2.75, 3.05) is 0 Å². The number of unbranched alkanes of at least 4 members (excludes halogenated alkanes) is 1. The molecule has 0 nitrogen and oxygen atoms in total. The highest BCUT2D eigenvalue weighted by atomic mass is 14.2. The highest BCUT2D eigenvalue weighted by Crippen LogP contribution is 2.29. The molecule has 0 atom stereocenters. The minimum Gasteiger partial charge on any atom is -0.0587 e. The third-order valence-corrected chi connectivity index (χ3v) is 5.98. The maximum Gasteiger partial charge on any atom is -0.0129 e. The molecule has 2 rings (SSSR count). The van der Waals surface area contributed by atoms with E-state index in [2.05, 4.69) is 86.6 Å². The lowest BCUT2D eigenvalue weighted by Crippen LogP contribution is -2.14. The van der Waals surface area contributed by atoms with E-state index in [-0.39, 0.29) is 5.41 Å². The Bertz CT molecular complexity index is 785. The predicted octanol–water partition coefficient (Wildman–Crippen LogP) is 7.91. The van der Waals surface area contributed by atoms with Crippen molar-refractivity contribution in [1.82, 2.24) is 0 Å². The second kappa shape index (κ2) is 8.63. The molecule has 0 fully saturated rings. The molecule has 148 valence electrons. The van der Waals surface area contributed by atoms with Crippen LogP contribution in [0.15, 0.2) is 24.3 Å². The minimum atomic E-state index is 0.227. The largest absolute Gasteiger partial charge is 0.0587 e. The van der Waals surface area contributed by atoms with Crippen LogP contribution in [0.4, 0.5) is 0 Å². The van der Waals surface area contributed by atoms with Gasteiger partial charge >= 0.3 is 0 Å². The fourth-order valence-electron chi connectivity index (χ4n) is 4.37. The fourth-order valence-corrected chi connectivity index (χ4v) is 4.37. The van der Waals surface area contributed by atoms with E-state index in [0.29, 0.717) is 5.92 Å². The molecule has 0 saturated heterocycles. The SMILES string of the molecule is Cc1cc(C(C)C)c(C)cc1CCCCc1cc(C)c(C(C)(C)C)cc1C. The first-order valence-electron chi connectivity index (χ1n) is 10.7. The maximum absolute atomic E-state index is 2.43. The molecule has 2 aromatic rings. The number of aryl methyl sites for hydroxylation is 6. The van der Waals surface area contributed by atoms with Crippen molar-refractivity contribution in [1.29, 1.82) is 0 Å². The molecule has 0 heterocycles. The van der Waals surface area contributed by atoms with Crippen LogP contribution in [0.5, 0.6) is 0 Å². The molecule has 0 amide bonds. The predicted molar refractivity (Wildman–Crippen MR) is 121 cm³/mol. The first-order chi connectivity index (χ1) is 12.5. The van der Waals surface area contributed by atoms with E-state index in [1.807, 2.05) is 0 Å². The van der Waals surface area contributed by atoms with Crippen LogP contribution in [0.25, 0.3) is 0 Å². The Hall–Kier alpha value is -1.56. The summed E-state index contributed by atoms with van der Waals surface area (Å²) in [7, 11) is 0. The van der Waals surface area contributed by atoms with Gasteiger partial charge in [-0.3, -0.25) is 0 Å². The van der Waals surface area contributed by atoms with Gasteiger partial charge in [-0.05, 0) is 109 Å². The third kappa shape index (κ3) is 5.47. The first kappa shape index (κ1) is 21.7. The van der Waals surface area contributed by atoms with Gasteiger partial charge in [0.2, 0.25) is 0 Å². The summed E-state index contributed by atoms with van der Waals surface area (Å²) in [5.41, 5.74) is 12.1. The van der Waals surface area contributed by atoms with Gasteiger partial charge in [0.15, 0.2) is 0 Å². The highest BCUT2D eigenvalue weighted by molar-refractivity contribution is 5.41. The zero-order chi connectivity index (χ0) is 20.4. The summed E-state index contributed by atoms with van der Waals surface area (Å²) < 4.78 is 0. The van der Waals surface area contributed by atoms with Gasteiger partial charge in [0.05, 0.1) is 0 Å². The molecule has 0 heteroatoms. The Morgan fingerprint density at radius 2 is 1.15 bits per heavy atom. The summed E-state index contributed by atoms with van der Waals surface area (Å²) in [6.45, 7) is 20.6. The molecule has 0 unspecified atom stereocenters. The summed E-state index contributed by atoms with van der Waals surface area (Å²) >= 11 is 0. The van der Waals surface area contributed by atoms with Crippen LogP contribution in [0, 0.1) is 27.7 Å². The average molecular weight is 365 g/mol. The lowest BCUT2D eigenvalue weighted by atomic mass is 9.81. The normalized spacial score (nSPS) is 12.1. The van der Waals surface area contributed by atoms with Crippen molar-refractivity contribution in [2.24, 2.45) is 0 Å². The molecule has 0 N–H and O–H groups in total. The van der Waals surface area contributed by atoms with E-state index in [1.54, 1.807) is 0 Å². The van der Waals surface area contributed by atoms with Crippen molar-refractivity contribution >= 4 is 0 Å². The number of hydrogen-bond acceptors (Lipinski definition) is 0. The fraction of sp³-hybridized carbons (Fsp3) is 0.556. The van der Waals surface area contributed by atoms with Gasteiger partial charge < -0.3 is 0 Å². The Kier molecular flexibility index (Phi) is 6.95. The first-order valence-corrected chi connectivity index (χ1v) is 10.7. The minimum absolute atomic E-state index is 0.227. The molecule has 0 aliphatic heterocycles. The van der Waals surface area contributed by atoms with Gasteiger partial charge in [-0.15, -0.1) is 0 Å². The van der Waals surface area contributed by atoms with Gasteiger partial charge in [-0.1, -0.05) is 58.9 Å². The van der Waals surface area contributed by atoms with E-state index >= 15 is 0 Å². The summed E-state index contributed by atoms with van der Waals surface area (Å²) in [6, 6.07) is 9.69. The molecular formula is C27H40. The average Bonchev–Trinajstić information content (AvgIpc) is 2.55. The van der Waals surface area contributed by atoms with Crippen LogP contribution in [-0.2, 0) is 18.3 Å². The lowest BCUT2D eigenvalue weighted by molar-refractivity contribution is 0.585. The molecule has 0 radical (unpaired) electrons. The van der Waals surface area contributed by atoms with Crippen LogP contribution >= 0.6 is 0 Å². The Labute approximate surface area is 168 Å². The zero-order valence-electron chi connectivity index (χ0n) is 19.2. The molecule has 0 aromatic heterocycles. The topological polar surface area (TPSA) is 0 Å². The molecule has 2 aromatic carbocycles. The Morgan fingerprint density at radius 3 is 1.63 bits per heavy atom. The Balaban J connectivity index is 2.00. The highest BCUT2D eigenvalue weighted by Gasteiger charge is 2.17. The molecule has 0 bridgehead atoms. The number of benzene rings is 2. The van der Waals surface area contributed by atoms with Gasteiger partial charge in [-0.25, -0.2) is 0 Å². The van der Waals surface area contributed by atoms with E-state index in [4.69, 9.17) is 0 Å². The van der Waals surface area contributed by atoms with Crippen molar-refractivity contribution in [3.63, 3.8) is 0 Å². The van der Waals surface area contributed by atoms with Crippen LogP contribution in [0.3, 0.4) is 0 Å². The van der Waals surface area contributed by atoms with Crippen LogP contribution in [0.1, 0.15) is 97.9 Å². The third-order valence-electron chi connectivity index (χ3n) is 5.98. The van der Waals surface area contributed by atoms with Crippen molar-refractivity contribution in [2.45, 2.75) is 99.3 Å². The quantitative estimate of drug-likeness (QED) is 0.457.